The van der Waals surface area contributed by atoms with E-state index in [4.69, 9.17) is 0 Å². The number of nitrogens with zero attached hydrogens (tertiary/aromatic N) is 2. The number of allylic oxidation sites excluding steroid dienone is 1. The minimum atomic E-state index is -3.49. The maximum Gasteiger partial charge on any atom is 0.238 e. The van der Waals surface area contributed by atoms with Crippen LogP contribution in [-0.2, 0) is 14.8 Å². The van der Waals surface area contributed by atoms with E-state index in [1.165, 1.54) is 0 Å². The molecule has 0 bridgehead atoms. The predicted molar refractivity (Wildman–Crippen MR) is 68.5 cm³/mol. The van der Waals surface area contributed by atoms with Gasteiger partial charge in [0.15, 0.2) is 0 Å². The zero-order chi connectivity index (χ0) is 13.5. The fourth-order valence-electron chi connectivity index (χ4n) is 2.24. The molecule has 0 saturated carbocycles. The minimum absolute atomic E-state index is 0.132. The van der Waals surface area contributed by atoms with Gasteiger partial charge in [0.1, 0.15) is 0 Å². The maximum atomic E-state index is 11.8. The zero-order valence-electron chi connectivity index (χ0n) is 10.7. The molecule has 2 unspecified atom stereocenters. The summed E-state index contributed by atoms with van der Waals surface area (Å²) in [6.07, 6.45) is 3.30. The van der Waals surface area contributed by atoms with Crippen molar-refractivity contribution in [3.63, 3.8) is 0 Å². The predicted octanol–water partition coefficient (Wildman–Crippen LogP) is 0.0885. The molecule has 0 aromatic rings. The van der Waals surface area contributed by atoms with E-state index >= 15 is 0 Å². The molecule has 0 aromatic heterocycles. The number of carbonyl (C=O) groups excluding carboxylic acids is 1. The van der Waals surface area contributed by atoms with Crippen molar-refractivity contribution >= 4 is 22.3 Å². The van der Waals surface area contributed by atoms with Crippen molar-refractivity contribution in [2.24, 2.45) is 10.9 Å². The molecular formula is C11H17N3O3S. The van der Waals surface area contributed by atoms with E-state index in [0.717, 1.165) is 17.5 Å². The topological polar surface area (TPSA) is 78.8 Å². The average molecular weight is 271 g/mol. The fraction of sp³-hybridized carbons (Fsp3) is 0.636. The van der Waals surface area contributed by atoms with Gasteiger partial charge < -0.3 is 4.90 Å². The SMILES string of the molecule is CC1=C2CC(C(=O)NS(C)(=O)=O)CN2C=NC1C. The van der Waals surface area contributed by atoms with E-state index in [-0.39, 0.29) is 12.0 Å². The van der Waals surface area contributed by atoms with Crippen molar-refractivity contribution in [2.75, 3.05) is 12.8 Å². The zero-order valence-corrected chi connectivity index (χ0v) is 11.5. The molecule has 18 heavy (non-hydrogen) atoms. The normalized spacial score (nSPS) is 27.4. The number of sulfonamides is 1. The molecule has 100 valence electrons. The van der Waals surface area contributed by atoms with Crippen molar-refractivity contribution in [1.29, 1.82) is 0 Å². The smallest absolute Gasteiger partial charge is 0.238 e. The highest BCUT2D eigenvalue weighted by Crippen LogP contribution is 2.32. The highest BCUT2D eigenvalue weighted by molar-refractivity contribution is 7.89. The Hall–Kier alpha value is -1.37. The van der Waals surface area contributed by atoms with Gasteiger partial charge in [-0.3, -0.25) is 14.5 Å². The molecule has 2 rings (SSSR count). The van der Waals surface area contributed by atoms with Crippen molar-refractivity contribution in [2.45, 2.75) is 26.3 Å². The number of hydrogen-bond acceptors (Lipinski definition) is 5. The first-order valence-corrected chi connectivity index (χ1v) is 7.68. The summed E-state index contributed by atoms with van der Waals surface area (Å²) in [5.41, 5.74) is 2.23. The van der Waals surface area contributed by atoms with Crippen LogP contribution in [0.4, 0.5) is 0 Å². The van der Waals surface area contributed by atoms with E-state index < -0.39 is 15.9 Å². The Kier molecular flexibility index (Phi) is 3.18. The van der Waals surface area contributed by atoms with Crippen LogP contribution in [0.1, 0.15) is 20.3 Å². The van der Waals surface area contributed by atoms with Crippen LogP contribution in [0.5, 0.6) is 0 Å². The van der Waals surface area contributed by atoms with E-state index in [1.807, 2.05) is 23.5 Å². The number of carbonyl (C=O) groups is 1. The molecule has 2 atom stereocenters. The van der Waals surface area contributed by atoms with Gasteiger partial charge in [-0.05, 0) is 19.4 Å². The minimum Gasteiger partial charge on any atom is -0.336 e. The third-order valence-corrected chi connectivity index (χ3v) is 3.94. The first-order valence-electron chi connectivity index (χ1n) is 5.79. The number of aliphatic imine (C=N–C) groups is 1. The monoisotopic (exact) mass is 271 g/mol. The third-order valence-electron chi connectivity index (χ3n) is 3.37. The fourth-order valence-corrected chi connectivity index (χ4v) is 2.77. The summed E-state index contributed by atoms with van der Waals surface area (Å²) < 4.78 is 24.1. The first kappa shape index (κ1) is 13.1. The van der Waals surface area contributed by atoms with Crippen LogP contribution in [0.2, 0.25) is 0 Å². The van der Waals surface area contributed by atoms with Gasteiger partial charge in [0.25, 0.3) is 0 Å². The van der Waals surface area contributed by atoms with Crippen LogP contribution in [-0.4, -0.2) is 44.4 Å². The van der Waals surface area contributed by atoms with Crippen LogP contribution in [0.15, 0.2) is 16.3 Å². The lowest BCUT2D eigenvalue weighted by Crippen LogP contribution is -2.36. The van der Waals surface area contributed by atoms with Crippen LogP contribution in [0.25, 0.3) is 0 Å². The van der Waals surface area contributed by atoms with Gasteiger partial charge in [-0.15, -0.1) is 0 Å². The molecule has 1 fully saturated rings. The molecular weight excluding hydrogens is 254 g/mol. The standard InChI is InChI=1S/C11H17N3O3S/c1-7-8(2)12-6-14-5-9(4-10(7)14)11(15)13-18(3,16)17/h6,8-9H,4-5H2,1-3H3,(H,13,15). The number of amides is 1. The maximum absolute atomic E-state index is 11.8. The second-order valence-electron chi connectivity index (χ2n) is 4.86. The lowest BCUT2D eigenvalue weighted by atomic mass is 10.0. The Morgan fingerprint density at radius 3 is 2.83 bits per heavy atom. The second kappa shape index (κ2) is 4.38. The van der Waals surface area contributed by atoms with E-state index in [2.05, 4.69) is 4.99 Å². The van der Waals surface area contributed by atoms with Crippen molar-refractivity contribution < 1.29 is 13.2 Å². The molecule has 2 heterocycles. The van der Waals surface area contributed by atoms with Gasteiger partial charge in [0.05, 0.1) is 24.6 Å². The van der Waals surface area contributed by atoms with Gasteiger partial charge in [0.2, 0.25) is 15.9 Å². The van der Waals surface area contributed by atoms with Crippen LogP contribution >= 0.6 is 0 Å². The molecule has 1 N–H and O–H groups in total. The summed E-state index contributed by atoms with van der Waals surface area (Å²) in [7, 11) is -3.49. The molecule has 6 nitrogen and oxygen atoms in total. The van der Waals surface area contributed by atoms with Crippen molar-refractivity contribution in [3.05, 3.63) is 11.3 Å². The molecule has 1 amide bonds. The van der Waals surface area contributed by atoms with Gasteiger partial charge in [-0.1, -0.05) is 0 Å². The molecule has 0 radical (unpaired) electrons. The van der Waals surface area contributed by atoms with Gasteiger partial charge >= 0.3 is 0 Å². The van der Waals surface area contributed by atoms with E-state index in [9.17, 15) is 13.2 Å². The van der Waals surface area contributed by atoms with E-state index in [0.29, 0.717) is 13.0 Å². The van der Waals surface area contributed by atoms with E-state index in [1.54, 1.807) is 6.34 Å². The summed E-state index contributed by atoms with van der Waals surface area (Å²) in [6.45, 7) is 4.49. The van der Waals surface area contributed by atoms with Gasteiger partial charge in [-0.25, -0.2) is 8.42 Å². The van der Waals surface area contributed by atoms with Gasteiger partial charge in [0, 0.05) is 18.7 Å². The highest BCUT2D eigenvalue weighted by Gasteiger charge is 2.35. The molecule has 2 aliphatic rings. The number of hydrogen-bond donors (Lipinski definition) is 1. The number of rotatable bonds is 2. The Morgan fingerprint density at radius 2 is 2.22 bits per heavy atom. The summed E-state index contributed by atoms with van der Waals surface area (Å²) in [6, 6.07) is 0.132. The molecule has 0 spiro atoms. The third kappa shape index (κ3) is 2.55. The quantitative estimate of drug-likeness (QED) is 0.772. The van der Waals surface area contributed by atoms with Crippen molar-refractivity contribution in [3.8, 4) is 0 Å². The number of fused-ring (bicyclic) bond motifs is 1. The summed E-state index contributed by atoms with van der Waals surface area (Å²) in [4.78, 5) is 18.1. The van der Waals surface area contributed by atoms with Gasteiger partial charge in [-0.2, -0.15) is 0 Å². The molecule has 1 saturated heterocycles. The van der Waals surface area contributed by atoms with Crippen molar-refractivity contribution in [1.82, 2.24) is 9.62 Å². The Morgan fingerprint density at radius 1 is 1.56 bits per heavy atom. The Bertz CT molecular complexity index is 536. The molecule has 0 aliphatic carbocycles. The summed E-state index contributed by atoms with van der Waals surface area (Å²) >= 11 is 0. The summed E-state index contributed by atoms with van der Waals surface area (Å²) in [5, 5.41) is 0. The van der Waals surface area contributed by atoms with Crippen LogP contribution < -0.4 is 4.72 Å². The highest BCUT2D eigenvalue weighted by atomic mass is 32.2. The van der Waals surface area contributed by atoms with Crippen LogP contribution in [0, 0.1) is 5.92 Å². The number of nitrogens with one attached hydrogen (secondary N) is 1. The lowest BCUT2D eigenvalue weighted by Gasteiger charge is -2.24. The Balaban J connectivity index is 2.13. The first-order chi connectivity index (χ1) is 8.28. The average Bonchev–Trinajstić information content (AvgIpc) is 2.66. The van der Waals surface area contributed by atoms with Crippen LogP contribution in [0.3, 0.4) is 0 Å². The largest absolute Gasteiger partial charge is 0.336 e. The molecule has 7 heteroatoms. The summed E-state index contributed by atoms with van der Waals surface area (Å²) in [5.74, 6) is -0.769. The second-order valence-corrected chi connectivity index (χ2v) is 6.61. The lowest BCUT2D eigenvalue weighted by molar-refractivity contribution is -0.122. The molecule has 0 aromatic carbocycles. The molecule has 2 aliphatic heterocycles. The Labute approximate surface area is 107 Å².